The van der Waals surface area contributed by atoms with Crippen molar-refractivity contribution >= 4 is 17.6 Å². The minimum absolute atomic E-state index is 0.105. The molecule has 6 heteroatoms. The second-order valence-electron chi connectivity index (χ2n) is 5.35. The highest BCUT2D eigenvalue weighted by atomic mass is 16.5. The number of carboxylic acid groups (broad SMARTS) is 1. The maximum Gasteiger partial charge on any atom is 0.262 e. The molecule has 0 aliphatic heterocycles. The van der Waals surface area contributed by atoms with E-state index in [1.165, 1.54) is 0 Å². The van der Waals surface area contributed by atoms with Gasteiger partial charge >= 0.3 is 0 Å². The van der Waals surface area contributed by atoms with Crippen LogP contribution in [0.15, 0.2) is 42.5 Å². The van der Waals surface area contributed by atoms with E-state index in [-0.39, 0.29) is 12.5 Å². The van der Waals surface area contributed by atoms with Gasteiger partial charge in [0.1, 0.15) is 18.1 Å². The van der Waals surface area contributed by atoms with Crippen molar-refractivity contribution in [3.05, 3.63) is 53.6 Å². The number of carbonyl (C=O) groups is 2. The number of hydrogen-bond donors (Lipinski definition) is 1. The molecule has 126 valence electrons. The quantitative estimate of drug-likeness (QED) is 0.831. The van der Waals surface area contributed by atoms with Gasteiger partial charge in [-0.05, 0) is 61.4 Å². The van der Waals surface area contributed by atoms with Crippen LogP contribution < -0.4 is 19.9 Å². The lowest BCUT2D eigenvalue weighted by Crippen LogP contribution is -2.28. The number of amides is 1. The summed E-state index contributed by atoms with van der Waals surface area (Å²) in [4.78, 5) is 22.2. The molecular formula is C18H18NO5-. The third kappa shape index (κ3) is 5.64. The highest BCUT2D eigenvalue weighted by Crippen LogP contribution is 2.17. The molecule has 0 aliphatic rings. The topological polar surface area (TPSA) is 87.7 Å². The number of anilines is 1. The van der Waals surface area contributed by atoms with Gasteiger partial charge in [-0.15, -0.1) is 0 Å². The lowest BCUT2D eigenvalue weighted by Gasteiger charge is -2.10. The number of ether oxygens (including phenoxy) is 2. The number of hydrogen-bond acceptors (Lipinski definition) is 5. The van der Waals surface area contributed by atoms with Crippen LogP contribution in [0, 0.1) is 13.8 Å². The zero-order valence-electron chi connectivity index (χ0n) is 13.5. The first-order chi connectivity index (χ1) is 11.4. The fraction of sp³-hybridized carbons (Fsp3) is 0.222. The first kappa shape index (κ1) is 17.3. The SMILES string of the molecule is Cc1cc(C)cc(OCC(=O)Nc2ccc(OCC(=O)[O-])cc2)c1. The molecule has 0 saturated heterocycles. The molecule has 2 rings (SSSR count). The number of carboxylic acids is 1. The third-order valence-corrected chi connectivity index (χ3v) is 3.06. The fourth-order valence-corrected chi connectivity index (χ4v) is 2.14. The van der Waals surface area contributed by atoms with Gasteiger partial charge < -0.3 is 24.7 Å². The molecule has 0 saturated carbocycles. The molecule has 1 N–H and O–H groups in total. The zero-order chi connectivity index (χ0) is 17.5. The third-order valence-electron chi connectivity index (χ3n) is 3.06. The monoisotopic (exact) mass is 328 g/mol. The highest BCUT2D eigenvalue weighted by molar-refractivity contribution is 5.91. The lowest BCUT2D eigenvalue weighted by molar-refractivity contribution is -0.307. The van der Waals surface area contributed by atoms with Crippen LogP contribution >= 0.6 is 0 Å². The summed E-state index contributed by atoms with van der Waals surface area (Å²) in [6.07, 6.45) is 0. The zero-order valence-corrected chi connectivity index (χ0v) is 13.5. The molecular weight excluding hydrogens is 310 g/mol. The number of aliphatic carboxylic acids is 1. The summed E-state index contributed by atoms with van der Waals surface area (Å²) in [5.74, 6) is -0.564. The van der Waals surface area contributed by atoms with Crippen LogP contribution in [0.25, 0.3) is 0 Å². The van der Waals surface area contributed by atoms with Crippen molar-refractivity contribution in [2.45, 2.75) is 13.8 Å². The van der Waals surface area contributed by atoms with Gasteiger partial charge in [0.25, 0.3) is 5.91 Å². The molecule has 0 atom stereocenters. The standard InChI is InChI=1S/C18H19NO5/c1-12-7-13(2)9-16(8-12)23-10-17(20)19-14-3-5-15(6-4-14)24-11-18(21)22/h3-9H,10-11H2,1-2H3,(H,19,20)(H,21,22)/p-1. The Morgan fingerprint density at radius 2 is 1.50 bits per heavy atom. The summed E-state index contributed by atoms with van der Waals surface area (Å²) in [6.45, 7) is 3.30. The van der Waals surface area contributed by atoms with Gasteiger partial charge in [-0.3, -0.25) is 4.79 Å². The average Bonchev–Trinajstić information content (AvgIpc) is 2.51. The van der Waals surface area contributed by atoms with E-state index in [9.17, 15) is 14.7 Å². The molecule has 0 bridgehead atoms. The molecule has 1 amide bonds. The first-order valence-electron chi connectivity index (χ1n) is 7.36. The van der Waals surface area contributed by atoms with Gasteiger partial charge in [0.2, 0.25) is 0 Å². The lowest BCUT2D eigenvalue weighted by atomic mass is 10.1. The van der Waals surface area contributed by atoms with Gasteiger partial charge in [-0.25, -0.2) is 0 Å². The van der Waals surface area contributed by atoms with Crippen LogP contribution in [-0.4, -0.2) is 25.1 Å². The molecule has 0 heterocycles. The predicted octanol–water partition coefficient (Wildman–Crippen LogP) is 1.45. The number of benzene rings is 2. The Morgan fingerprint density at radius 3 is 2.08 bits per heavy atom. The molecule has 0 fully saturated rings. The highest BCUT2D eigenvalue weighted by Gasteiger charge is 2.05. The van der Waals surface area contributed by atoms with Crippen molar-refractivity contribution in [1.82, 2.24) is 0 Å². The Labute approximate surface area is 140 Å². The number of carbonyl (C=O) groups excluding carboxylic acids is 2. The summed E-state index contributed by atoms with van der Waals surface area (Å²) in [5.41, 5.74) is 2.69. The molecule has 0 radical (unpaired) electrons. The van der Waals surface area contributed by atoms with Crippen LogP contribution in [0.1, 0.15) is 11.1 Å². The van der Waals surface area contributed by atoms with Crippen LogP contribution in [-0.2, 0) is 9.59 Å². The second-order valence-corrected chi connectivity index (χ2v) is 5.35. The van der Waals surface area contributed by atoms with Gasteiger partial charge in [-0.2, -0.15) is 0 Å². The van der Waals surface area contributed by atoms with E-state index in [1.54, 1.807) is 24.3 Å². The fourth-order valence-electron chi connectivity index (χ4n) is 2.14. The smallest absolute Gasteiger partial charge is 0.262 e. The van der Waals surface area contributed by atoms with E-state index >= 15 is 0 Å². The molecule has 24 heavy (non-hydrogen) atoms. The van der Waals surface area contributed by atoms with Gasteiger partial charge in [0.05, 0.1) is 5.97 Å². The molecule has 0 aliphatic carbocycles. The average molecular weight is 328 g/mol. The number of aryl methyl sites for hydroxylation is 2. The summed E-state index contributed by atoms with van der Waals surface area (Å²) in [6, 6.07) is 12.1. The number of rotatable bonds is 7. The maximum atomic E-state index is 11.9. The van der Waals surface area contributed by atoms with Gasteiger partial charge in [0.15, 0.2) is 6.61 Å². The summed E-state index contributed by atoms with van der Waals surface area (Å²) in [7, 11) is 0. The molecule has 2 aromatic rings. The van der Waals surface area contributed by atoms with Crippen molar-refractivity contribution in [2.24, 2.45) is 0 Å². The Hall–Kier alpha value is -3.02. The van der Waals surface area contributed by atoms with E-state index in [0.29, 0.717) is 17.2 Å². The molecule has 2 aromatic carbocycles. The Bertz CT molecular complexity index is 704. The van der Waals surface area contributed by atoms with Crippen molar-refractivity contribution in [2.75, 3.05) is 18.5 Å². The molecule has 0 spiro atoms. The maximum absolute atomic E-state index is 11.9. The molecule has 0 aromatic heterocycles. The van der Waals surface area contributed by atoms with Crippen LogP contribution in [0.5, 0.6) is 11.5 Å². The normalized spacial score (nSPS) is 10.1. The predicted molar refractivity (Wildman–Crippen MR) is 87.0 cm³/mol. The Balaban J connectivity index is 1.84. The Kier molecular flexibility index (Phi) is 5.78. The van der Waals surface area contributed by atoms with E-state index in [1.807, 2.05) is 32.0 Å². The van der Waals surface area contributed by atoms with Gasteiger partial charge in [-0.1, -0.05) is 6.07 Å². The van der Waals surface area contributed by atoms with E-state index < -0.39 is 12.6 Å². The van der Waals surface area contributed by atoms with E-state index in [0.717, 1.165) is 11.1 Å². The van der Waals surface area contributed by atoms with E-state index in [2.05, 4.69) is 5.32 Å². The second kappa shape index (κ2) is 8.01. The van der Waals surface area contributed by atoms with E-state index in [4.69, 9.17) is 9.47 Å². The summed E-state index contributed by atoms with van der Waals surface area (Å²) < 4.78 is 10.4. The van der Waals surface area contributed by atoms with Crippen molar-refractivity contribution in [1.29, 1.82) is 0 Å². The molecule has 0 unspecified atom stereocenters. The van der Waals surface area contributed by atoms with Crippen molar-refractivity contribution < 1.29 is 24.2 Å². The first-order valence-corrected chi connectivity index (χ1v) is 7.36. The minimum atomic E-state index is -1.30. The largest absolute Gasteiger partial charge is 0.546 e. The van der Waals surface area contributed by atoms with Crippen molar-refractivity contribution in [3.8, 4) is 11.5 Å². The Morgan fingerprint density at radius 1 is 0.917 bits per heavy atom. The number of nitrogens with one attached hydrogen (secondary N) is 1. The summed E-state index contributed by atoms with van der Waals surface area (Å²) >= 11 is 0. The van der Waals surface area contributed by atoms with Crippen LogP contribution in [0.3, 0.4) is 0 Å². The minimum Gasteiger partial charge on any atom is -0.546 e. The molecule has 6 nitrogen and oxygen atoms in total. The van der Waals surface area contributed by atoms with Crippen LogP contribution in [0.2, 0.25) is 0 Å². The van der Waals surface area contributed by atoms with Crippen LogP contribution in [0.4, 0.5) is 5.69 Å². The van der Waals surface area contributed by atoms with Crippen molar-refractivity contribution in [3.63, 3.8) is 0 Å². The van der Waals surface area contributed by atoms with Gasteiger partial charge in [0, 0.05) is 5.69 Å². The summed E-state index contributed by atoms with van der Waals surface area (Å²) in [5, 5.41) is 13.0.